The maximum Gasteiger partial charge on any atom is 0.335 e. The quantitative estimate of drug-likeness (QED) is 0.158. The first-order valence-corrected chi connectivity index (χ1v) is 8.93. The Morgan fingerprint density at radius 1 is 0.933 bits per heavy atom. The molecule has 0 aliphatic rings. The standard InChI is InChI=1S/C13H18N4O3.C7H7NO2/c14-13(15)16-8-4-7-10(12(19)20)17-11(18)9-5-2-1-3-6-9;8-6-3-1-5(2-4-6)7(9)10/h1-3,5-6,10H,4,7-8H2,(H,17,18)(H,19,20)(H4,14,15,16);1-4H,8H2,(H,9,10)/t10-;/m0./s1. The van der Waals surface area contributed by atoms with E-state index in [-0.39, 0.29) is 17.9 Å². The predicted octanol–water partition coefficient (Wildman–Crippen LogP) is 0.890. The number of anilines is 1. The Bertz CT molecular complexity index is 865. The van der Waals surface area contributed by atoms with E-state index < -0.39 is 23.9 Å². The fraction of sp³-hybridized carbons (Fsp3) is 0.200. The van der Waals surface area contributed by atoms with Gasteiger partial charge >= 0.3 is 11.9 Å². The van der Waals surface area contributed by atoms with E-state index in [9.17, 15) is 14.4 Å². The van der Waals surface area contributed by atoms with Gasteiger partial charge in [-0.3, -0.25) is 9.79 Å². The molecule has 160 valence electrons. The summed E-state index contributed by atoms with van der Waals surface area (Å²) in [6.07, 6.45) is 0.717. The van der Waals surface area contributed by atoms with Crippen molar-refractivity contribution in [3.05, 3.63) is 65.7 Å². The number of nitrogen functional groups attached to an aromatic ring is 1. The number of amides is 1. The first-order valence-electron chi connectivity index (χ1n) is 8.93. The third kappa shape index (κ3) is 9.22. The van der Waals surface area contributed by atoms with Crippen LogP contribution in [0.4, 0.5) is 5.69 Å². The zero-order chi connectivity index (χ0) is 22.5. The molecule has 2 rings (SSSR count). The van der Waals surface area contributed by atoms with E-state index in [2.05, 4.69) is 10.3 Å². The smallest absolute Gasteiger partial charge is 0.335 e. The number of nitrogens with one attached hydrogen (secondary N) is 1. The molecule has 0 radical (unpaired) electrons. The summed E-state index contributed by atoms with van der Waals surface area (Å²) in [7, 11) is 0. The molecule has 0 saturated heterocycles. The fourth-order valence-electron chi connectivity index (χ4n) is 2.22. The number of aromatic carboxylic acids is 1. The van der Waals surface area contributed by atoms with Gasteiger partial charge in [-0.1, -0.05) is 18.2 Å². The van der Waals surface area contributed by atoms with Gasteiger partial charge in [0.1, 0.15) is 6.04 Å². The first-order chi connectivity index (χ1) is 14.2. The number of rotatable bonds is 8. The Hall–Kier alpha value is -4.08. The summed E-state index contributed by atoms with van der Waals surface area (Å²) in [6, 6.07) is 13.5. The summed E-state index contributed by atoms with van der Waals surface area (Å²) in [5.41, 5.74) is 16.9. The van der Waals surface area contributed by atoms with Crippen LogP contribution in [-0.4, -0.2) is 46.6 Å². The Morgan fingerprint density at radius 3 is 2.03 bits per heavy atom. The number of hydrogen-bond acceptors (Lipinski definition) is 5. The highest BCUT2D eigenvalue weighted by molar-refractivity contribution is 5.96. The van der Waals surface area contributed by atoms with E-state index in [4.69, 9.17) is 27.4 Å². The van der Waals surface area contributed by atoms with Crippen LogP contribution in [-0.2, 0) is 4.79 Å². The van der Waals surface area contributed by atoms with Crippen molar-refractivity contribution in [1.82, 2.24) is 5.32 Å². The SMILES string of the molecule is NC(N)=NCCC[C@H](NC(=O)c1ccccc1)C(=O)O.Nc1ccc(C(=O)O)cc1. The lowest BCUT2D eigenvalue weighted by Crippen LogP contribution is -2.40. The van der Waals surface area contributed by atoms with Crippen LogP contribution in [0.3, 0.4) is 0 Å². The van der Waals surface area contributed by atoms with E-state index in [0.29, 0.717) is 24.2 Å². The number of nitrogens with zero attached hydrogens (tertiary/aromatic N) is 1. The lowest BCUT2D eigenvalue weighted by atomic mass is 10.1. The van der Waals surface area contributed by atoms with Crippen LogP contribution in [0.1, 0.15) is 33.6 Å². The molecule has 30 heavy (non-hydrogen) atoms. The summed E-state index contributed by atoms with van der Waals surface area (Å²) in [6.45, 7) is 0.327. The number of guanidine groups is 1. The fourth-order valence-corrected chi connectivity index (χ4v) is 2.22. The molecule has 9 N–H and O–H groups in total. The molecule has 0 aliphatic carbocycles. The van der Waals surface area contributed by atoms with Gasteiger partial charge in [0.15, 0.2) is 5.96 Å². The van der Waals surface area contributed by atoms with Crippen LogP contribution in [0.15, 0.2) is 59.6 Å². The molecule has 0 unspecified atom stereocenters. The highest BCUT2D eigenvalue weighted by atomic mass is 16.4. The molecule has 10 heteroatoms. The number of carboxylic acid groups (broad SMARTS) is 2. The summed E-state index contributed by atoms with van der Waals surface area (Å²) in [4.78, 5) is 37.0. The molecule has 2 aromatic rings. The maximum absolute atomic E-state index is 11.9. The number of nitrogens with two attached hydrogens (primary N) is 3. The van der Waals surface area contributed by atoms with E-state index in [1.807, 2.05) is 0 Å². The number of carbonyl (C=O) groups is 3. The number of benzene rings is 2. The molecule has 0 aliphatic heterocycles. The van der Waals surface area contributed by atoms with Crippen LogP contribution in [0, 0.1) is 0 Å². The van der Waals surface area contributed by atoms with Crippen molar-refractivity contribution in [1.29, 1.82) is 0 Å². The van der Waals surface area contributed by atoms with Gasteiger partial charge in [0, 0.05) is 17.8 Å². The second-order valence-electron chi connectivity index (χ2n) is 6.11. The second-order valence-corrected chi connectivity index (χ2v) is 6.11. The van der Waals surface area contributed by atoms with Crippen molar-refractivity contribution >= 4 is 29.5 Å². The van der Waals surface area contributed by atoms with E-state index in [0.717, 1.165) is 0 Å². The monoisotopic (exact) mass is 415 g/mol. The van der Waals surface area contributed by atoms with Crippen molar-refractivity contribution < 1.29 is 24.6 Å². The second kappa shape index (κ2) is 12.4. The molecule has 0 aromatic heterocycles. The van der Waals surface area contributed by atoms with E-state index in [1.165, 1.54) is 12.1 Å². The zero-order valence-corrected chi connectivity index (χ0v) is 16.2. The number of aliphatic carboxylic acids is 1. The Morgan fingerprint density at radius 2 is 1.53 bits per heavy atom. The van der Waals surface area contributed by atoms with Crippen molar-refractivity contribution in [3.8, 4) is 0 Å². The first kappa shape index (κ1) is 24.0. The minimum atomic E-state index is -1.08. The number of carboxylic acids is 2. The van der Waals surface area contributed by atoms with Crippen LogP contribution in [0.25, 0.3) is 0 Å². The Balaban J connectivity index is 0.000000375. The molecule has 0 heterocycles. The van der Waals surface area contributed by atoms with Gasteiger partial charge in [-0.25, -0.2) is 9.59 Å². The average Bonchev–Trinajstić information content (AvgIpc) is 2.71. The highest BCUT2D eigenvalue weighted by Gasteiger charge is 2.19. The van der Waals surface area contributed by atoms with Crippen molar-refractivity contribution in [2.45, 2.75) is 18.9 Å². The summed E-state index contributed by atoms with van der Waals surface area (Å²) >= 11 is 0. The summed E-state index contributed by atoms with van der Waals surface area (Å²) in [5, 5.41) is 20.0. The third-order valence-corrected chi connectivity index (χ3v) is 3.74. The predicted molar refractivity (Wildman–Crippen MR) is 113 cm³/mol. The topological polar surface area (TPSA) is 194 Å². The Kier molecular flexibility index (Phi) is 9.90. The minimum absolute atomic E-state index is 0.0369. The summed E-state index contributed by atoms with van der Waals surface area (Å²) in [5.74, 6) is -2.47. The van der Waals surface area contributed by atoms with Gasteiger partial charge in [0.2, 0.25) is 0 Å². The summed E-state index contributed by atoms with van der Waals surface area (Å²) < 4.78 is 0. The minimum Gasteiger partial charge on any atom is -0.480 e. The van der Waals surface area contributed by atoms with Gasteiger partial charge in [-0.15, -0.1) is 0 Å². The average molecular weight is 415 g/mol. The van der Waals surface area contributed by atoms with Crippen molar-refractivity contribution in [2.75, 3.05) is 12.3 Å². The highest BCUT2D eigenvalue weighted by Crippen LogP contribution is 2.04. The molecule has 0 fully saturated rings. The maximum atomic E-state index is 11.9. The van der Waals surface area contributed by atoms with E-state index in [1.54, 1.807) is 42.5 Å². The number of aliphatic imine (C=N–C) groups is 1. The van der Waals surface area contributed by atoms with Crippen LogP contribution in [0.5, 0.6) is 0 Å². The van der Waals surface area contributed by atoms with Gasteiger partial charge in [0.25, 0.3) is 5.91 Å². The number of hydrogen-bond donors (Lipinski definition) is 6. The van der Waals surface area contributed by atoms with Crippen molar-refractivity contribution in [2.24, 2.45) is 16.5 Å². The van der Waals surface area contributed by atoms with Crippen LogP contribution in [0.2, 0.25) is 0 Å². The van der Waals surface area contributed by atoms with Crippen molar-refractivity contribution in [3.63, 3.8) is 0 Å². The largest absolute Gasteiger partial charge is 0.480 e. The Labute approximate surface area is 173 Å². The molecular weight excluding hydrogens is 390 g/mol. The molecule has 0 saturated carbocycles. The molecule has 10 nitrogen and oxygen atoms in total. The molecule has 1 amide bonds. The van der Waals surface area contributed by atoms with Gasteiger partial charge in [-0.2, -0.15) is 0 Å². The normalized spacial score (nSPS) is 10.7. The van der Waals surface area contributed by atoms with Gasteiger partial charge in [0.05, 0.1) is 5.56 Å². The molecule has 2 aromatic carbocycles. The van der Waals surface area contributed by atoms with Crippen LogP contribution < -0.4 is 22.5 Å². The molecule has 1 atom stereocenters. The lowest BCUT2D eigenvalue weighted by molar-refractivity contribution is -0.139. The lowest BCUT2D eigenvalue weighted by Gasteiger charge is -2.14. The third-order valence-electron chi connectivity index (χ3n) is 3.74. The molecular formula is C20H25N5O5. The van der Waals surface area contributed by atoms with Gasteiger partial charge in [-0.05, 0) is 49.2 Å². The van der Waals surface area contributed by atoms with E-state index >= 15 is 0 Å². The van der Waals surface area contributed by atoms with Gasteiger partial charge < -0.3 is 32.7 Å². The molecule has 0 spiro atoms. The number of carbonyl (C=O) groups excluding carboxylic acids is 1. The van der Waals surface area contributed by atoms with Crippen LogP contribution >= 0.6 is 0 Å². The zero-order valence-electron chi connectivity index (χ0n) is 16.2. The molecule has 0 bridgehead atoms.